The Morgan fingerprint density at radius 1 is 1.47 bits per heavy atom. The van der Waals surface area contributed by atoms with E-state index in [1.54, 1.807) is 0 Å². The van der Waals surface area contributed by atoms with Crippen LogP contribution in [0.4, 0.5) is 5.82 Å². The third-order valence-corrected chi connectivity index (χ3v) is 4.22. The molecule has 2 fully saturated rings. The minimum Gasteiger partial charge on any atom is -0.353 e. The molecule has 0 radical (unpaired) electrons. The van der Waals surface area contributed by atoms with E-state index in [0.717, 1.165) is 18.4 Å². The average Bonchev–Trinajstić information content (AvgIpc) is 2.91. The van der Waals surface area contributed by atoms with Crippen LogP contribution in [0.1, 0.15) is 30.4 Å². The van der Waals surface area contributed by atoms with Crippen LogP contribution in [0, 0.1) is 12.8 Å². The lowest BCUT2D eigenvalue weighted by Gasteiger charge is -2.29. The zero-order valence-electron chi connectivity index (χ0n) is 10.5. The number of nitrogens with zero attached hydrogens (tertiary/aromatic N) is 2. The van der Waals surface area contributed by atoms with Crippen LogP contribution >= 0.6 is 0 Å². The summed E-state index contributed by atoms with van der Waals surface area (Å²) in [5, 5.41) is 0. The van der Waals surface area contributed by atoms with E-state index >= 15 is 0 Å². The van der Waals surface area contributed by atoms with Gasteiger partial charge in [0.2, 0.25) is 0 Å². The van der Waals surface area contributed by atoms with Crippen LogP contribution in [-0.2, 0) is 6.42 Å². The van der Waals surface area contributed by atoms with Gasteiger partial charge in [0.15, 0.2) is 0 Å². The summed E-state index contributed by atoms with van der Waals surface area (Å²) in [6.07, 6.45) is 7.09. The first-order chi connectivity index (χ1) is 8.28. The fraction of sp³-hybridized carbons (Fsp3) is 0.643. The van der Waals surface area contributed by atoms with Gasteiger partial charge in [-0.15, -0.1) is 0 Å². The Hall–Kier alpha value is -1.09. The van der Waals surface area contributed by atoms with Gasteiger partial charge < -0.3 is 10.6 Å². The lowest BCUT2D eigenvalue weighted by molar-refractivity contribution is 0.549. The number of hydrogen-bond donors (Lipinski definition) is 1. The molecule has 2 aliphatic rings. The quantitative estimate of drug-likeness (QED) is 0.863. The van der Waals surface area contributed by atoms with Crippen molar-refractivity contribution in [2.45, 2.75) is 38.6 Å². The molecule has 17 heavy (non-hydrogen) atoms. The van der Waals surface area contributed by atoms with Gasteiger partial charge in [0.1, 0.15) is 5.82 Å². The van der Waals surface area contributed by atoms with Crippen molar-refractivity contribution in [2.24, 2.45) is 11.7 Å². The van der Waals surface area contributed by atoms with Crippen molar-refractivity contribution in [2.75, 3.05) is 18.0 Å². The first-order valence-electron chi connectivity index (χ1n) is 6.70. The van der Waals surface area contributed by atoms with Crippen LogP contribution in [-0.4, -0.2) is 24.1 Å². The molecule has 92 valence electrons. The predicted octanol–water partition coefficient (Wildman–Crippen LogP) is 1.88. The molecule has 1 aliphatic carbocycles. The van der Waals surface area contributed by atoms with Crippen molar-refractivity contribution in [3.8, 4) is 0 Å². The highest BCUT2D eigenvalue weighted by Gasteiger charge is 2.38. The third kappa shape index (κ3) is 1.93. The summed E-state index contributed by atoms with van der Waals surface area (Å²) in [7, 11) is 0. The minimum atomic E-state index is 0.703. The topological polar surface area (TPSA) is 42.1 Å². The normalized spacial score (nSPS) is 26.8. The van der Waals surface area contributed by atoms with Gasteiger partial charge in [-0.25, -0.2) is 4.98 Å². The molecule has 0 aromatic carbocycles. The van der Waals surface area contributed by atoms with E-state index in [2.05, 4.69) is 22.9 Å². The maximum absolute atomic E-state index is 5.58. The maximum atomic E-state index is 5.58. The van der Waals surface area contributed by atoms with Crippen LogP contribution in [0.5, 0.6) is 0 Å². The highest BCUT2D eigenvalue weighted by Crippen LogP contribution is 2.40. The van der Waals surface area contributed by atoms with E-state index in [4.69, 9.17) is 5.73 Å². The van der Waals surface area contributed by atoms with Gasteiger partial charge in [0.05, 0.1) is 0 Å². The fourth-order valence-corrected chi connectivity index (χ4v) is 3.41. The van der Waals surface area contributed by atoms with Gasteiger partial charge in [-0.3, -0.25) is 0 Å². The van der Waals surface area contributed by atoms with Gasteiger partial charge in [-0.05, 0) is 56.2 Å². The SMILES string of the molecule is Cc1cc(CCN)cnc1N1CC2CCC1C2. The molecule has 2 atom stereocenters. The number of hydrogen-bond acceptors (Lipinski definition) is 3. The van der Waals surface area contributed by atoms with Gasteiger partial charge in [0.25, 0.3) is 0 Å². The smallest absolute Gasteiger partial charge is 0.131 e. The molecule has 1 saturated carbocycles. The maximum Gasteiger partial charge on any atom is 0.131 e. The Morgan fingerprint density at radius 3 is 2.94 bits per heavy atom. The van der Waals surface area contributed by atoms with E-state index in [1.165, 1.54) is 42.8 Å². The Kier molecular flexibility index (Phi) is 2.79. The van der Waals surface area contributed by atoms with Gasteiger partial charge in [0, 0.05) is 18.8 Å². The number of piperidine rings is 1. The molecule has 3 heteroatoms. The summed E-state index contributed by atoms with van der Waals surface area (Å²) in [5.74, 6) is 2.13. The van der Waals surface area contributed by atoms with Gasteiger partial charge >= 0.3 is 0 Å². The number of pyridine rings is 1. The van der Waals surface area contributed by atoms with E-state index in [1.807, 2.05) is 6.20 Å². The summed E-state index contributed by atoms with van der Waals surface area (Å²) in [6.45, 7) is 4.10. The molecule has 1 saturated heterocycles. The molecule has 2 unspecified atom stereocenters. The number of nitrogens with two attached hydrogens (primary N) is 1. The van der Waals surface area contributed by atoms with E-state index in [9.17, 15) is 0 Å². The zero-order chi connectivity index (χ0) is 11.8. The Balaban J connectivity index is 1.83. The Labute approximate surface area is 103 Å². The highest BCUT2D eigenvalue weighted by molar-refractivity contribution is 5.50. The number of aryl methyl sites for hydroxylation is 1. The second kappa shape index (κ2) is 4.30. The molecular formula is C14H21N3. The van der Waals surface area contributed by atoms with Crippen molar-refractivity contribution in [3.63, 3.8) is 0 Å². The number of fused-ring (bicyclic) bond motifs is 2. The van der Waals surface area contributed by atoms with Crippen molar-refractivity contribution >= 4 is 5.82 Å². The summed E-state index contributed by atoms with van der Waals surface area (Å²) in [5.41, 5.74) is 8.15. The van der Waals surface area contributed by atoms with E-state index in [0.29, 0.717) is 6.54 Å². The van der Waals surface area contributed by atoms with Crippen LogP contribution in [0.15, 0.2) is 12.3 Å². The molecule has 2 bridgehead atoms. The molecule has 1 aliphatic heterocycles. The standard InChI is InChI=1S/C14H21N3/c1-10-6-11(4-5-15)8-16-14(10)17-9-12-2-3-13(17)7-12/h6,8,12-13H,2-5,7,9,15H2,1H3. The summed E-state index contributed by atoms with van der Waals surface area (Å²) >= 11 is 0. The molecule has 3 rings (SSSR count). The molecule has 1 aromatic rings. The molecule has 1 aromatic heterocycles. The Morgan fingerprint density at radius 2 is 2.35 bits per heavy atom. The van der Waals surface area contributed by atoms with Crippen molar-refractivity contribution in [3.05, 3.63) is 23.4 Å². The molecule has 0 amide bonds. The lowest BCUT2D eigenvalue weighted by Crippen LogP contribution is -2.33. The van der Waals surface area contributed by atoms with Gasteiger partial charge in [-0.2, -0.15) is 0 Å². The summed E-state index contributed by atoms with van der Waals surface area (Å²) in [4.78, 5) is 7.19. The summed E-state index contributed by atoms with van der Waals surface area (Å²) in [6, 6.07) is 3.01. The highest BCUT2D eigenvalue weighted by atomic mass is 15.2. The minimum absolute atomic E-state index is 0.703. The number of aromatic nitrogens is 1. The molecule has 0 spiro atoms. The second-order valence-corrected chi connectivity index (χ2v) is 5.51. The fourth-order valence-electron chi connectivity index (χ4n) is 3.41. The molecule has 3 nitrogen and oxygen atoms in total. The lowest BCUT2D eigenvalue weighted by atomic mass is 10.1. The van der Waals surface area contributed by atoms with Crippen LogP contribution in [0.25, 0.3) is 0 Å². The average molecular weight is 231 g/mol. The second-order valence-electron chi connectivity index (χ2n) is 5.51. The molecular weight excluding hydrogens is 210 g/mol. The van der Waals surface area contributed by atoms with Crippen molar-refractivity contribution in [1.29, 1.82) is 0 Å². The monoisotopic (exact) mass is 231 g/mol. The van der Waals surface area contributed by atoms with E-state index < -0.39 is 0 Å². The van der Waals surface area contributed by atoms with E-state index in [-0.39, 0.29) is 0 Å². The number of rotatable bonds is 3. The van der Waals surface area contributed by atoms with Crippen LogP contribution < -0.4 is 10.6 Å². The Bertz CT molecular complexity index is 416. The first-order valence-corrected chi connectivity index (χ1v) is 6.70. The number of anilines is 1. The first kappa shape index (κ1) is 11.0. The zero-order valence-corrected chi connectivity index (χ0v) is 10.5. The van der Waals surface area contributed by atoms with Crippen LogP contribution in [0.3, 0.4) is 0 Å². The largest absolute Gasteiger partial charge is 0.353 e. The molecule has 2 heterocycles. The predicted molar refractivity (Wildman–Crippen MR) is 70.2 cm³/mol. The summed E-state index contributed by atoms with van der Waals surface area (Å²) < 4.78 is 0. The third-order valence-electron chi connectivity index (χ3n) is 4.22. The van der Waals surface area contributed by atoms with Crippen molar-refractivity contribution in [1.82, 2.24) is 4.98 Å². The van der Waals surface area contributed by atoms with Gasteiger partial charge in [-0.1, -0.05) is 6.07 Å². The molecule has 2 N–H and O–H groups in total. The van der Waals surface area contributed by atoms with Crippen molar-refractivity contribution < 1.29 is 0 Å². The van der Waals surface area contributed by atoms with Crippen LogP contribution in [0.2, 0.25) is 0 Å².